The van der Waals surface area contributed by atoms with Crippen LogP contribution in [0.15, 0.2) is 65.7 Å². The second-order valence-corrected chi connectivity index (χ2v) is 5.14. The number of hydrogen-bond acceptors (Lipinski definition) is 3. The molecule has 1 heterocycles. The van der Waals surface area contributed by atoms with Gasteiger partial charge in [-0.25, -0.2) is 4.98 Å². The maximum absolute atomic E-state index is 11.9. The Bertz CT molecular complexity index is 834. The summed E-state index contributed by atoms with van der Waals surface area (Å²) >= 11 is 0. The summed E-state index contributed by atoms with van der Waals surface area (Å²) in [6.07, 6.45) is 3.13. The van der Waals surface area contributed by atoms with E-state index in [-0.39, 0.29) is 11.4 Å². The van der Waals surface area contributed by atoms with Crippen molar-refractivity contribution in [2.24, 2.45) is 7.05 Å². The lowest BCUT2D eigenvalue weighted by Gasteiger charge is -2.07. The van der Waals surface area contributed by atoms with Gasteiger partial charge in [-0.05, 0) is 30.2 Å². The van der Waals surface area contributed by atoms with Crippen molar-refractivity contribution in [1.82, 2.24) is 9.55 Å². The zero-order chi connectivity index (χ0) is 15.5. The molecule has 1 aromatic heterocycles. The molecule has 3 rings (SSSR count). The summed E-state index contributed by atoms with van der Waals surface area (Å²) in [5, 5.41) is 0. The Labute approximate surface area is 128 Å². The number of nitrogens with zero attached hydrogens (tertiary/aromatic N) is 2. The van der Waals surface area contributed by atoms with Crippen LogP contribution in [0.2, 0.25) is 0 Å². The van der Waals surface area contributed by atoms with Crippen LogP contribution in [0, 0.1) is 6.92 Å². The summed E-state index contributed by atoms with van der Waals surface area (Å²) in [4.78, 5) is 15.8. The molecule has 0 bridgehead atoms. The Kier molecular flexibility index (Phi) is 3.74. The van der Waals surface area contributed by atoms with E-state index in [0.29, 0.717) is 5.75 Å². The van der Waals surface area contributed by atoms with Crippen LogP contribution in [0.3, 0.4) is 0 Å². The van der Waals surface area contributed by atoms with Crippen LogP contribution in [0.25, 0.3) is 11.1 Å². The Balaban J connectivity index is 1.84. The lowest BCUT2D eigenvalue weighted by molar-refractivity contribution is 0.448. The quantitative estimate of drug-likeness (QED) is 0.741. The third-order valence-corrected chi connectivity index (χ3v) is 3.44. The largest absolute Gasteiger partial charge is 0.435 e. The number of rotatable bonds is 3. The third-order valence-electron chi connectivity index (χ3n) is 3.44. The average Bonchev–Trinajstić information content (AvgIpc) is 2.53. The standard InChI is InChI=1S/C18H16N2O2/c1-13-3-5-14(6-4-13)15-7-9-16(10-8-15)22-17-18(21)20(2)12-11-19-17/h3-12H,1-2H3. The molecule has 0 saturated heterocycles. The van der Waals surface area contributed by atoms with Gasteiger partial charge in [0.1, 0.15) is 5.75 Å². The van der Waals surface area contributed by atoms with E-state index >= 15 is 0 Å². The summed E-state index contributed by atoms with van der Waals surface area (Å²) in [5.41, 5.74) is 3.21. The summed E-state index contributed by atoms with van der Waals surface area (Å²) < 4.78 is 6.99. The van der Waals surface area contributed by atoms with Gasteiger partial charge >= 0.3 is 5.56 Å². The first-order valence-electron chi connectivity index (χ1n) is 7.00. The van der Waals surface area contributed by atoms with Gasteiger partial charge in [0.25, 0.3) is 5.88 Å². The molecule has 0 atom stereocenters. The fraction of sp³-hybridized carbons (Fsp3) is 0.111. The molecule has 0 aliphatic heterocycles. The molecule has 0 amide bonds. The zero-order valence-corrected chi connectivity index (χ0v) is 12.5. The molecule has 3 aromatic rings. The molecule has 0 spiro atoms. The normalized spacial score (nSPS) is 10.5. The van der Waals surface area contributed by atoms with E-state index in [1.165, 1.54) is 16.3 Å². The van der Waals surface area contributed by atoms with Crippen LogP contribution in [0.4, 0.5) is 0 Å². The van der Waals surface area contributed by atoms with E-state index in [2.05, 4.69) is 36.2 Å². The van der Waals surface area contributed by atoms with E-state index in [0.717, 1.165) is 11.1 Å². The highest BCUT2D eigenvalue weighted by Crippen LogP contribution is 2.24. The van der Waals surface area contributed by atoms with Crippen molar-refractivity contribution in [3.05, 3.63) is 76.8 Å². The topological polar surface area (TPSA) is 44.1 Å². The molecule has 22 heavy (non-hydrogen) atoms. The SMILES string of the molecule is Cc1ccc(-c2ccc(Oc3nccn(C)c3=O)cc2)cc1. The van der Waals surface area contributed by atoms with Crippen molar-refractivity contribution >= 4 is 0 Å². The molecule has 0 aliphatic carbocycles. The Hall–Kier alpha value is -2.88. The van der Waals surface area contributed by atoms with Gasteiger partial charge in [-0.1, -0.05) is 42.0 Å². The molecule has 2 aromatic carbocycles. The van der Waals surface area contributed by atoms with E-state index in [1.54, 1.807) is 13.2 Å². The van der Waals surface area contributed by atoms with E-state index in [1.807, 2.05) is 24.3 Å². The molecule has 0 fully saturated rings. The predicted octanol–water partition coefficient (Wildman–Crippen LogP) is 3.55. The van der Waals surface area contributed by atoms with Crippen molar-refractivity contribution in [1.29, 1.82) is 0 Å². The summed E-state index contributed by atoms with van der Waals surface area (Å²) in [7, 11) is 1.66. The summed E-state index contributed by atoms with van der Waals surface area (Å²) in [6, 6.07) is 15.9. The first-order valence-corrected chi connectivity index (χ1v) is 7.00. The molecule has 0 N–H and O–H groups in total. The Morgan fingerprint density at radius 1 is 0.955 bits per heavy atom. The van der Waals surface area contributed by atoms with Gasteiger partial charge in [0, 0.05) is 19.4 Å². The zero-order valence-electron chi connectivity index (χ0n) is 12.5. The molecule has 0 radical (unpaired) electrons. The highest BCUT2D eigenvalue weighted by Gasteiger charge is 2.06. The highest BCUT2D eigenvalue weighted by molar-refractivity contribution is 5.64. The Morgan fingerprint density at radius 2 is 1.55 bits per heavy atom. The number of benzene rings is 2. The number of ether oxygens (including phenoxy) is 1. The average molecular weight is 292 g/mol. The van der Waals surface area contributed by atoms with Crippen LogP contribution in [0.1, 0.15) is 5.56 Å². The van der Waals surface area contributed by atoms with E-state index in [9.17, 15) is 4.79 Å². The first-order chi connectivity index (χ1) is 10.6. The van der Waals surface area contributed by atoms with Crippen LogP contribution >= 0.6 is 0 Å². The second kappa shape index (κ2) is 5.85. The minimum Gasteiger partial charge on any atom is -0.435 e. The second-order valence-electron chi connectivity index (χ2n) is 5.14. The van der Waals surface area contributed by atoms with Crippen molar-refractivity contribution < 1.29 is 4.74 Å². The smallest absolute Gasteiger partial charge is 0.313 e. The van der Waals surface area contributed by atoms with Crippen molar-refractivity contribution in [3.63, 3.8) is 0 Å². The summed E-state index contributed by atoms with van der Waals surface area (Å²) in [6.45, 7) is 2.06. The monoisotopic (exact) mass is 292 g/mol. The molecule has 4 heteroatoms. The fourth-order valence-corrected chi connectivity index (χ4v) is 2.12. The fourth-order valence-electron chi connectivity index (χ4n) is 2.12. The molecular weight excluding hydrogens is 276 g/mol. The molecule has 0 saturated carbocycles. The van der Waals surface area contributed by atoms with Gasteiger partial charge < -0.3 is 9.30 Å². The Morgan fingerprint density at radius 3 is 2.18 bits per heavy atom. The van der Waals surface area contributed by atoms with Crippen LogP contribution in [-0.2, 0) is 7.05 Å². The summed E-state index contributed by atoms with van der Waals surface area (Å²) in [5.74, 6) is 0.666. The van der Waals surface area contributed by atoms with Gasteiger partial charge in [0.15, 0.2) is 0 Å². The minimum absolute atomic E-state index is 0.0769. The van der Waals surface area contributed by atoms with Gasteiger partial charge in [0.2, 0.25) is 0 Å². The number of aryl methyl sites for hydroxylation is 2. The van der Waals surface area contributed by atoms with Crippen LogP contribution in [-0.4, -0.2) is 9.55 Å². The van der Waals surface area contributed by atoms with Crippen LogP contribution in [0.5, 0.6) is 11.6 Å². The first kappa shape index (κ1) is 14.1. The lowest BCUT2D eigenvalue weighted by atomic mass is 10.0. The van der Waals surface area contributed by atoms with Gasteiger partial charge in [0.05, 0.1) is 0 Å². The van der Waals surface area contributed by atoms with Gasteiger partial charge in [-0.2, -0.15) is 0 Å². The number of aromatic nitrogens is 2. The van der Waals surface area contributed by atoms with Crippen molar-refractivity contribution in [2.75, 3.05) is 0 Å². The predicted molar refractivity (Wildman–Crippen MR) is 86.2 cm³/mol. The van der Waals surface area contributed by atoms with Gasteiger partial charge in [-0.15, -0.1) is 0 Å². The number of hydrogen-bond donors (Lipinski definition) is 0. The third kappa shape index (κ3) is 2.91. The van der Waals surface area contributed by atoms with Crippen molar-refractivity contribution in [2.45, 2.75) is 6.92 Å². The molecule has 0 unspecified atom stereocenters. The molecule has 0 aliphatic rings. The van der Waals surface area contributed by atoms with Crippen molar-refractivity contribution in [3.8, 4) is 22.8 Å². The highest BCUT2D eigenvalue weighted by atomic mass is 16.5. The maximum atomic E-state index is 11.9. The molecule has 110 valence electrons. The lowest BCUT2D eigenvalue weighted by Crippen LogP contribution is -2.18. The molecule has 4 nitrogen and oxygen atoms in total. The van der Waals surface area contributed by atoms with Crippen LogP contribution < -0.4 is 10.3 Å². The van der Waals surface area contributed by atoms with Gasteiger partial charge in [-0.3, -0.25) is 4.79 Å². The maximum Gasteiger partial charge on any atom is 0.313 e. The van der Waals surface area contributed by atoms with E-state index in [4.69, 9.17) is 4.74 Å². The minimum atomic E-state index is -0.259. The van der Waals surface area contributed by atoms with E-state index < -0.39 is 0 Å². The molecular formula is C18H16N2O2.